The maximum Gasteiger partial charge on any atom is 0.162 e. The van der Waals surface area contributed by atoms with Gasteiger partial charge in [-0.2, -0.15) is 0 Å². The molecule has 2 aliphatic rings. The van der Waals surface area contributed by atoms with Gasteiger partial charge in [0.2, 0.25) is 0 Å². The lowest BCUT2D eigenvalue weighted by molar-refractivity contribution is -0.118. The van der Waals surface area contributed by atoms with Crippen molar-refractivity contribution in [2.75, 3.05) is 0 Å². The highest BCUT2D eigenvalue weighted by atomic mass is 79.9. The number of Topliss-reactive ketones (excluding diaryl/α,β-unsaturated/α-hetero) is 1. The molecular weight excluding hydrogens is 372 g/mol. The summed E-state index contributed by atoms with van der Waals surface area (Å²) in [6, 6.07) is 7.73. The molecule has 1 aliphatic carbocycles. The highest BCUT2D eigenvalue weighted by Crippen LogP contribution is 2.45. The Morgan fingerprint density at radius 3 is 2.57 bits per heavy atom. The summed E-state index contributed by atoms with van der Waals surface area (Å²) in [5, 5.41) is 12.7. The van der Waals surface area contributed by atoms with Gasteiger partial charge in [-0.25, -0.2) is 0 Å². The number of hydrogen-bond acceptors (Lipinski definition) is 2. The minimum Gasteiger partial charge on any atom is -0.763 e. The lowest BCUT2D eigenvalue weighted by Crippen LogP contribution is -2.41. The van der Waals surface area contributed by atoms with Crippen molar-refractivity contribution in [2.45, 2.75) is 32.6 Å². The van der Waals surface area contributed by atoms with E-state index in [9.17, 15) is 10.2 Å². The van der Waals surface area contributed by atoms with E-state index in [0.717, 1.165) is 22.2 Å². The van der Waals surface area contributed by atoms with E-state index in [1.165, 1.54) is 0 Å². The van der Waals surface area contributed by atoms with Gasteiger partial charge in [0.05, 0.1) is 0 Å². The van der Waals surface area contributed by atoms with Crippen LogP contribution in [-0.4, -0.2) is 16.6 Å². The normalized spacial score (nSPS) is 23.3. The maximum absolute atomic E-state index is 12.8. The SMILES string of the molecule is CC1(C)CC(=O)C2=C(C1)NC(=S)C(=C=[N-])C2c1ccc(Br)cc1. The minimum atomic E-state index is -0.361. The van der Waals surface area contributed by atoms with Crippen LogP contribution >= 0.6 is 28.1 Å². The molecule has 1 unspecified atom stereocenters. The van der Waals surface area contributed by atoms with Gasteiger partial charge in [-0.3, -0.25) is 10.7 Å². The second kappa shape index (κ2) is 5.82. The topological polar surface area (TPSA) is 51.4 Å². The number of nitrogens with one attached hydrogen (secondary N) is 1. The average molecular weight is 388 g/mol. The van der Waals surface area contributed by atoms with Crippen molar-refractivity contribution in [2.24, 2.45) is 5.41 Å². The first-order valence-corrected chi connectivity index (χ1v) is 8.62. The van der Waals surface area contributed by atoms with Gasteiger partial charge >= 0.3 is 0 Å². The molecular formula is C18H16BrN2OS-. The molecule has 0 spiro atoms. The van der Waals surface area contributed by atoms with E-state index in [1.807, 2.05) is 24.3 Å². The Hall–Kier alpha value is -1.55. The quantitative estimate of drug-likeness (QED) is 0.444. The van der Waals surface area contributed by atoms with Gasteiger partial charge in [-0.15, -0.1) is 0 Å². The van der Waals surface area contributed by atoms with Crippen LogP contribution in [0, 0.1) is 5.41 Å². The lowest BCUT2D eigenvalue weighted by Gasteiger charge is -2.39. The number of carbonyl (C=O) groups excluding carboxylic acids is 1. The molecule has 0 bridgehead atoms. The molecule has 1 heterocycles. The monoisotopic (exact) mass is 387 g/mol. The molecule has 1 atom stereocenters. The van der Waals surface area contributed by atoms with Crippen LogP contribution in [0.1, 0.15) is 38.2 Å². The first-order chi connectivity index (χ1) is 10.8. The molecule has 1 aromatic carbocycles. The summed E-state index contributed by atoms with van der Waals surface area (Å²) in [5.41, 5.74) is 2.87. The summed E-state index contributed by atoms with van der Waals surface area (Å²) in [4.78, 5) is 13.2. The lowest BCUT2D eigenvalue weighted by atomic mass is 9.69. The molecule has 0 radical (unpaired) electrons. The Labute approximate surface area is 149 Å². The summed E-state index contributed by atoms with van der Waals surface area (Å²) in [6.45, 7) is 4.16. The Bertz CT molecular complexity index is 786. The van der Waals surface area contributed by atoms with Gasteiger partial charge in [0.25, 0.3) is 0 Å². The third-order valence-corrected chi connectivity index (χ3v) is 5.18. The summed E-state index contributed by atoms with van der Waals surface area (Å²) in [7, 11) is 0. The largest absolute Gasteiger partial charge is 0.763 e. The van der Waals surface area contributed by atoms with E-state index in [4.69, 9.17) is 12.2 Å². The number of carbonyl (C=O) groups is 1. The summed E-state index contributed by atoms with van der Waals surface area (Å²) in [5.74, 6) is 1.95. The predicted molar refractivity (Wildman–Crippen MR) is 99.5 cm³/mol. The molecule has 3 nitrogen and oxygen atoms in total. The fourth-order valence-electron chi connectivity index (χ4n) is 3.36. The third kappa shape index (κ3) is 2.97. The van der Waals surface area contributed by atoms with E-state index < -0.39 is 0 Å². The molecule has 0 saturated carbocycles. The minimum absolute atomic E-state index is 0.0903. The van der Waals surface area contributed by atoms with E-state index in [1.54, 1.807) is 0 Å². The van der Waals surface area contributed by atoms with Crippen molar-refractivity contribution in [3.05, 3.63) is 56.6 Å². The number of halogens is 1. The zero-order valence-corrected chi connectivity index (χ0v) is 15.3. The summed E-state index contributed by atoms with van der Waals surface area (Å²) >= 11 is 8.81. The van der Waals surface area contributed by atoms with Crippen molar-refractivity contribution < 1.29 is 4.79 Å². The summed E-state index contributed by atoms with van der Waals surface area (Å²) in [6.07, 6.45) is 1.26. The molecule has 0 fully saturated rings. The van der Waals surface area contributed by atoms with Gasteiger partial charge in [-0.1, -0.05) is 54.1 Å². The number of thiocarbonyl (C=S) groups is 1. The van der Waals surface area contributed by atoms with Crippen LogP contribution in [-0.2, 0) is 4.79 Å². The Balaban J connectivity index is 2.20. The first-order valence-electron chi connectivity index (χ1n) is 7.42. The second-order valence-corrected chi connectivity index (χ2v) is 8.12. The van der Waals surface area contributed by atoms with E-state index in [0.29, 0.717) is 22.6 Å². The Kier molecular flexibility index (Phi) is 4.13. The molecule has 23 heavy (non-hydrogen) atoms. The molecule has 1 aliphatic heterocycles. The van der Waals surface area contributed by atoms with Crippen molar-refractivity contribution in [3.8, 4) is 0 Å². The smallest absolute Gasteiger partial charge is 0.162 e. The van der Waals surface area contributed by atoms with E-state index in [2.05, 4.69) is 41.0 Å². The Morgan fingerprint density at radius 1 is 1.30 bits per heavy atom. The average Bonchev–Trinajstić information content (AvgIpc) is 2.45. The van der Waals surface area contributed by atoms with Crippen LogP contribution < -0.4 is 5.32 Å². The van der Waals surface area contributed by atoms with Crippen molar-refractivity contribution >= 4 is 44.8 Å². The number of nitrogens with zero attached hydrogens (tertiary/aromatic N) is 1. The number of benzene rings is 1. The van der Waals surface area contributed by atoms with Gasteiger partial charge in [0.15, 0.2) is 5.78 Å². The highest BCUT2D eigenvalue weighted by Gasteiger charge is 2.41. The highest BCUT2D eigenvalue weighted by molar-refractivity contribution is 9.10. The third-order valence-electron chi connectivity index (χ3n) is 4.33. The molecule has 3 rings (SSSR count). The van der Waals surface area contributed by atoms with Crippen LogP contribution in [0.2, 0.25) is 0 Å². The van der Waals surface area contributed by atoms with Crippen LogP contribution in [0.5, 0.6) is 0 Å². The molecule has 0 saturated heterocycles. The molecule has 1 aromatic rings. The van der Waals surface area contributed by atoms with Crippen LogP contribution in [0.25, 0.3) is 5.41 Å². The fourth-order valence-corrected chi connectivity index (χ4v) is 3.92. The van der Waals surface area contributed by atoms with Gasteiger partial charge in [-0.05, 0) is 29.5 Å². The van der Waals surface area contributed by atoms with E-state index in [-0.39, 0.29) is 17.1 Å². The zero-order valence-electron chi connectivity index (χ0n) is 12.9. The van der Waals surface area contributed by atoms with Crippen LogP contribution in [0.3, 0.4) is 0 Å². The van der Waals surface area contributed by atoms with Crippen molar-refractivity contribution in [1.82, 2.24) is 5.32 Å². The van der Waals surface area contributed by atoms with Crippen molar-refractivity contribution in [1.29, 1.82) is 0 Å². The second-order valence-electron chi connectivity index (χ2n) is 6.80. The molecule has 118 valence electrons. The number of hydrogen-bond donors (Lipinski definition) is 1. The Morgan fingerprint density at radius 2 is 1.96 bits per heavy atom. The molecule has 5 heteroatoms. The van der Waals surface area contributed by atoms with Crippen molar-refractivity contribution in [3.63, 3.8) is 0 Å². The molecule has 1 N–H and O–H groups in total. The number of rotatable bonds is 1. The fraction of sp³-hybridized carbons (Fsp3) is 0.333. The first kappa shape index (κ1) is 16.3. The van der Waals surface area contributed by atoms with Gasteiger partial charge in [0.1, 0.15) is 4.99 Å². The number of ketones is 1. The summed E-state index contributed by atoms with van der Waals surface area (Å²) < 4.78 is 0.960. The van der Waals surface area contributed by atoms with Crippen LogP contribution in [0.4, 0.5) is 0 Å². The number of allylic oxidation sites excluding steroid dienone is 2. The predicted octanol–water partition coefficient (Wildman–Crippen LogP) is 4.27. The standard InChI is InChI=1S/C18H16BrN2OS/c1-18(2)7-13-16(14(22)8-18)15(12(9-20)17(23)21-13)10-3-5-11(19)6-4-10/h3-6,15H,7-8H2,1-2H3,(H,21,23)/q-1. The molecule has 0 amide bonds. The van der Waals surface area contributed by atoms with Gasteiger partial charge in [0, 0.05) is 33.7 Å². The van der Waals surface area contributed by atoms with E-state index >= 15 is 0 Å². The zero-order chi connectivity index (χ0) is 16.8. The maximum atomic E-state index is 12.8. The molecule has 0 aromatic heterocycles. The van der Waals surface area contributed by atoms with Crippen LogP contribution in [0.15, 0.2) is 45.6 Å². The van der Waals surface area contributed by atoms with Gasteiger partial charge < -0.3 is 10.7 Å².